The van der Waals surface area contributed by atoms with Crippen molar-refractivity contribution in [2.45, 2.75) is 13.0 Å². The monoisotopic (exact) mass is 361 g/mol. The van der Waals surface area contributed by atoms with Crippen LogP contribution in [0.3, 0.4) is 0 Å². The van der Waals surface area contributed by atoms with Gasteiger partial charge in [0.15, 0.2) is 4.96 Å². The van der Waals surface area contributed by atoms with Gasteiger partial charge in [-0.3, -0.25) is 19.2 Å². The number of carbonyl (C=O) groups excluding carboxylic acids is 1. The topological polar surface area (TPSA) is 63.4 Å². The van der Waals surface area contributed by atoms with E-state index in [2.05, 4.69) is 15.0 Å². The molecule has 1 aliphatic rings. The van der Waals surface area contributed by atoms with Gasteiger partial charge < -0.3 is 4.90 Å². The van der Waals surface area contributed by atoms with E-state index in [4.69, 9.17) is 0 Å². The van der Waals surface area contributed by atoms with Crippen LogP contribution >= 0.6 is 11.3 Å². The lowest BCUT2D eigenvalue weighted by atomic mass is 10.0. The van der Waals surface area contributed by atoms with E-state index >= 15 is 0 Å². The molecule has 0 atom stereocenters. The maximum Gasteiger partial charge on any atom is 0.256 e. The van der Waals surface area contributed by atoms with Gasteiger partial charge in [0.1, 0.15) is 0 Å². The Labute approximate surface area is 153 Å². The first-order valence-electron chi connectivity index (χ1n) is 8.38. The summed E-state index contributed by atoms with van der Waals surface area (Å²) in [5.74, 6) is 0.0425. The fourth-order valence-corrected chi connectivity index (χ4v) is 4.09. The van der Waals surface area contributed by atoms with Gasteiger partial charge in [-0.2, -0.15) is 0 Å². The third-order valence-electron chi connectivity index (χ3n) is 4.64. The van der Waals surface area contributed by atoms with E-state index < -0.39 is 0 Å². The Hall–Kier alpha value is -3.06. The van der Waals surface area contributed by atoms with Gasteiger partial charge in [-0.25, -0.2) is 4.98 Å². The quantitative estimate of drug-likeness (QED) is 0.560. The van der Waals surface area contributed by atoms with E-state index in [0.717, 1.165) is 33.9 Å². The first-order valence-corrected chi connectivity index (χ1v) is 9.26. The SMILES string of the molecule is O=C1c2c(-c3ccncc3)ccnc2CN1CCc1cn2ccsc2n1. The van der Waals surface area contributed by atoms with Gasteiger partial charge in [-0.1, -0.05) is 0 Å². The maximum absolute atomic E-state index is 13.0. The molecule has 6 nitrogen and oxygen atoms in total. The summed E-state index contributed by atoms with van der Waals surface area (Å²) >= 11 is 1.61. The predicted octanol–water partition coefficient (Wildman–Crippen LogP) is 3.05. The molecule has 0 bridgehead atoms. The second-order valence-electron chi connectivity index (χ2n) is 6.22. The number of hydrogen-bond acceptors (Lipinski definition) is 5. The van der Waals surface area contributed by atoms with Crippen LogP contribution in [0.25, 0.3) is 16.1 Å². The number of aromatic nitrogens is 4. The van der Waals surface area contributed by atoms with Crippen molar-refractivity contribution in [3.63, 3.8) is 0 Å². The molecular formula is C19H15N5OS. The molecule has 128 valence electrons. The summed E-state index contributed by atoms with van der Waals surface area (Å²) in [6.45, 7) is 1.19. The van der Waals surface area contributed by atoms with Gasteiger partial charge >= 0.3 is 0 Å². The van der Waals surface area contributed by atoms with Crippen molar-refractivity contribution in [2.75, 3.05) is 6.54 Å². The molecule has 0 saturated carbocycles. The third-order valence-corrected chi connectivity index (χ3v) is 5.41. The van der Waals surface area contributed by atoms with Gasteiger partial charge in [0.2, 0.25) is 0 Å². The van der Waals surface area contributed by atoms with Gasteiger partial charge in [0.05, 0.1) is 23.5 Å². The molecule has 0 saturated heterocycles. The van der Waals surface area contributed by atoms with Gasteiger partial charge in [-0.15, -0.1) is 11.3 Å². The summed E-state index contributed by atoms with van der Waals surface area (Å²) in [4.78, 5) is 28.9. The van der Waals surface area contributed by atoms with Crippen LogP contribution in [0, 0.1) is 0 Å². The van der Waals surface area contributed by atoms with Crippen molar-refractivity contribution in [3.05, 3.63) is 71.5 Å². The Balaban J connectivity index is 1.39. The minimum absolute atomic E-state index is 0.0425. The summed E-state index contributed by atoms with van der Waals surface area (Å²) in [7, 11) is 0. The van der Waals surface area contributed by atoms with Crippen LogP contribution in [0.15, 0.2) is 54.6 Å². The van der Waals surface area contributed by atoms with Crippen LogP contribution in [0.2, 0.25) is 0 Å². The first-order chi connectivity index (χ1) is 12.8. The summed E-state index contributed by atoms with van der Waals surface area (Å²) in [6.07, 6.45) is 10.0. The van der Waals surface area contributed by atoms with Crippen LogP contribution in [-0.2, 0) is 13.0 Å². The van der Waals surface area contributed by atoms with Crippen molar-refractivity contribution >= 4 is 22.2 Å². The Morgan fingerprint density at radius 1 is 1.15 bits per heavy atom. The number of hydrogen-bond donors (Lipinski definition) is 0. The highest BCUT2D eigenvalue weighted by Gasteiger charge is 2.31. The molecule has 0 fully saturated rings. The summed E-state index contributed by atoms with van der Waals surface area (Å²) in [6, 6.07) is 5.74. The number of carbonyl (C=O) groups is 1. The molecule has 0 spiro atoms. The Bertz CT molecular complexity index is 1070. The number of pyridine rings is 2. The molecule has 1 aliphatic heterocycles. The third kappa shape index (κ3) is 2.48. The largest absolute Gasteiger partial charge is 0.332 e. The average molecular weight is 361 g/mol. The Morgan fingerprint density at radius 2 is 2.04 bits per heavy atom. The maximum atomic E-state index is 13.0. The van der Waals surface area contributed by atoms with Gasteiger partial charge in [0, 0.05) is 49.3 Å². The highest BCUT2D eigenvalue weighted by atomic mass is 32.1. The number of rotatable bonds is 4. The fourth-order valence-electron chi connectivity index (χ4n) is 3.37. The predicted molar refractivity (Wildman–Crippen MR) is 99.0 cm³/mol. The lowest BCUT2D eigenvalue weighted by molar-refractivity contribution is 0.0780. The molecule has 0 N–H and O–H groups in total. The Kier molecular flexibility index (Phi) is 3.53. The molecule has 0 radical (unpaired) electrons. The minimum atomic E-state index is 0.0425. The summed E-state index contributed by atoms with van der Waals surface area (Å²) < 4.78 is 2.02. The Morgan fingerprint density at radius 3 is 2.88 bits per heavy atom. The van der Waals surface area contributed by atoms with E-state index in [0.29, 0.717) is 18.7 Å². The minimum Gasteiger partial charge on any atom is -0.332 e. The number of fused-ring (bicyclic) bond motifs is 2. The van der Waals surface area contributed by atoms with Crippen LogP contribution in [0.1, 0.15) is 21.7 Å². The van der Waals surface area contributed by atoms with Gasteiger partial charge in [-0.05, 0) is 29.3 Å². The van der Waals surface area contributed by atoms with Crippen molar-refractivity contribution in [2.24, 2.45) is 0 Å². The number of imidazole rings is 1. The molecule has 4 aromatic rings. The van der Waals surface area contributed by atoms with Crippen LogP contribution in [-0.4, -0.2) is 36.7 Å². The van der Waals surface area contributed by atoms with E-state index in [1.54, 1.807) is 29.9 Å². The first kappa shape index (κ1) is 15.2. The molecular weight excluding hydrogens is 346 g/mol. The summed E-state index contributed by atoms with van der Waals surface area (Å²) in [5, 5.41) is 2.01. The number of nitrogens with zero attached hydrogens (tertiary/aromatic N) is 5. The second-order valence-corrected chi connectivity index (χ2v) is 7.09. The lowest BCUT2D eigenvalue weighted by Crippen LogP contribution is -2.26. The zero-order valence-corrected chi connectivity index (χ0v) is 14.7. The van der Waals surface area contributed by atoms with Crippen molar-refractivity contribution < 1.29 is 4.79 Å². The molecule has 7 heteroatoms. The lowest BCUT2D eigenvalue weighted by Gasteiger charge is -2.14. The van der Waals surface area contributed by atoms with Crippen LogP contribution < -0.4 is 0 Å². The highest BCUT2D eigenvalue weighted by molar-refractivity contribution is 7.15. The highest BCUT2D eigenvalue weighted by Crippen LogP contribution is 2.31. The van der Waals surface area contributed by atoms with Crippen molar-refractivity contribution in [1.82, 2.24) is 24.3 Å². The van der Waals surface area contributed by atoms with Crippen LogP contribution in [0.4, 0.5) is 0 Å². The molecule has 26 heavy (non-hydrogen) atoms. The molecule has 0 aromatic carbocycles. The molecule has 0 aliphatic carbocycles. The average Bonchev–Trinajstić information content (AvgIpc) is 3.34. The van der Waals surface area contributed by atoms with E-state index in [9.17, 15) is 4.79 Å². The molecule has 5 heterocycles. The molecule has 1 amide bonds. The fraction of sp³-hybridized carbons (Fsp3) is 0.158. The zero-order chi connectivity index (χ0) is 17.5. The number of thiazole rings is 1. The standard InChI is InChI=1S/C19H15N5OS/c25-18-17-15(13-1-5-20-6-2-13)3-7-21-16(17)12-23(18)8-4-14-11-24-9-10-26-19(24)22-14/h1-3,5-7,9-11H,4,8,12H2. The van der Waals surface area contributed by atoms with E-state index in [-0.39, 0.29) is 5.91 Å². The van der Waals surface area contributed by atoms with Gasteiger partial charge in [0.25, 0.3) is 5.91 Å². The van der Waals surface area contributed by atoms with Crippen molar-refractivity contribution in [1.29, 1.82) is 0 Å². The van der Waals surface area contributed by atoms with Crippen molar-refractivity contribution in [3.8, 4) is 11.1 Å². The van der Waals surface area contributed by atoms with E-state index in [1.807, 2.05) is 45.3 Å². The second kappa shape index (κ2) is 6.03. The summed E-state index contributed by atoms with van der Waals surface area (Å²) in [5.41, 5.74) is 4.47. The van der Waals surface area contributed by atoms with E-state index in [1.165, 1.54) is 0 Å². The van der Waals surface area contributed by atoms with Crippen LogP contribution in [0.5, 0.6) is 0 Å². The molecule has 0 unspecified atom stereocenters. The smallest absolute Gasteiger partial charge is 0.256 e. The molecule has 4 aromatic heterocycles. The normalized spacial score (nSPS) is 13.5. The zero-order valence-electron chi connectivity index (χ0n) is 13.9. The molecule has 5 rings (SSSR count). The number of amides is 1.